The second-order valence-corrected chi connectivity index (χ2v) is 13.5. The van der Waals surface area contributed by atoms with Crippen LogP contribution in [0.4, 0.5) is 0 Å². The minimum Gasteiger partial charge on any atom is -0.411 e. The third-order valence-corrected chi connectivity index (χ3v) is 9.76. The molecule has 1 aliphatic carbocycles. The van der Waals surface area contributed by atoms with Crippen LogP contribution in [0.1, 0.15) is 60.8 Å². The fourth-order valence-corrected chi connectivity index (χ4v) is 5.00. The highest BCUT2D eigenvalue weighted by atomic mass is 28.4. The van der Waals surface area contributed by atoms with Crippen LogP contribution >= 0.6 is 0 Å². The number of carbonyl (C=O) groups excluding carboxylic acids is 1. The summed E-state index contributed by atoms with van der Waals surface area (Å²) in [6.45, 7) is 18.2. The molecule has 2 unspecified atom stereocenters. The van der Waals surface area contributed by atoms with Crippen LogP contribution in [0.2, 0.25) is 18.1 Å². The lowest BCUT2D eigenvalue weighted by Gasteiger charge is -2.46. The monoisotopic (exact) mass is 284 g/mol. The molecule has 0 radical (unpaired) electrons. The van der Waals surface area contributed by atoms with E-state index in [4.69, 9.17) is 4.43 Å². The van der Waals surface area contributed by atoms with E-state index in [0.717, 1.165) is 19.1 Å². The summed E-state index contributed by atoms with van der Waals surface area (Å²) in [4.78, 5) is 11.2. The maximum Gasteiger partial charge on any atom is 0.192 e. The van der Waals surface area contributed by atoms with Crippen molar-refractivity contribution in [1.29, 1.82) is 0 Å². The third kappa shape index (κ3) is 3.49. The zero-order valence-corrected chi connectivity index (χ0v) is 15.1. The van der Waals surface area contributed by atoms with Crippen molar-refractivity contribution in [2.24, 2.45) is 11.3 Å². The summed E-state index contributed by atoms with van der Waals surface area (Å²) in [5.41, 5.74) is 0.0546. The van der Waals surface area contributed by atoms with E-state index in [0.29, 0.717) is 12.3 Å². The normalized spacial score (nSPS) is 31.5. The van der Waals surface area contributed by atoms with Gasteiger partial charge in [0.25, 0.3) is 0 Å². The molecule has 1 fully saturated rings. The van der Waals surface area contributed by atoms with Gasteiger partial charge in [0.2, 0.25) is 0 Å². The molecule has 0 spiro atoms. The highest BCUT2D eigenvalue weighted by Gasteiger charge is 2.53. The molecule has 0 N–H and O–H groups in total. The molecule has 0 amide bonds. The fraction of sp³-hybridized carbons (Fsp3) is 0.938. The van der Waals surface area contributed by atoms with Crippen molar-refractivity contribution in [3.05, 3.63) is 0 Å². The van der Waals surface area contributed by atoms with Gasteiger partial charge in [0.05, 0.1) is 5.60 Å². The summed E-state index contributed by atoms with van der Waals surface area (Å²) in [7, 11) is -1.84. The summed E-state index contributed by atoms with van der Waals surface area (Å²) < 4.78 is 6.75. The van der Waals surface area contributed by atoms with Crippen molar-refractivity contribution in [2.45, 2.75) is 84.5 Å². The molecular weight excluding hydrogens is 252 g/mol. The van der Waals surface area contributed by atoms with Gasteiger partial charge in [0.1, 0.15) is 6.29 Å². The van der Waals surface area contributed by atoms with Gasteiger partial charge in [0, 0.05) is 6.42 Å². The molecule has 1 rings (SSSR count). The van der Waals surface area contributed by atoms with Gasteiger partial charge in [-0.15, -0.1) is 0 Å². The Bertz CT molecular complexity index is 341. The molecule has 0 aromatic carbocycles. The second kappa shape index (κ2) is 4.99. The lowest BCUT2D eigenvalue weighted by atomic mass is 9.87. The van der Waals surface area contributed by atoms with Gasteiger partial charge in [-0.1, -0.05) is 41.5 Å². The Kier molecular flexibility index (Phi) is 4.44. The summed E-state index contributed by atoms with van der Waals surface area (Å²) in [6, 6.07) is 0. The molecule has 0 bridgehead atoms. The van der Waals surface area contributed by atoms with E-state index < -0.39 is 8.32 Å². The summed E-state index contributed by atoms with van der Waals surface area (Å²) in [6.07, 6.45) is 3.76. The molecule has 0 aromatic rings. The molecule has 2 atom stereocenters. The maximum absolute atomic E-state index is 11.2. The largest absolute Gasteiger partial charge is 0.411 e. The van der Waals surface area contributed by atoms with Crippen LogP contribution in [0.25, 0.3) is 0 Å². The minimum absolute atomic E-state index is 0.190. The van der Waals surface area contributed by atoms with Crippen LogP contribution in [0.15, 0.2) is 0 Å². The number of aldehydes is 1. The molecule has 0 aromatic heterocycles. The topological polar surface area (TPSA) is 26.3 Å². The Morgan fingerprint density at radius 3 is 2.16 bits per heavy atom. The zero-order chi connectivity index (χ0) is 15.1. The van der Waals surface area contributed by atoms with Gasteiger partial charge in [-0.3, -0.25) is 0 Å². The number of carbonyl (C=O) groups is 1. The molecule has 2 nitrogen and oxygen atoms in total. The second-order valence-electron chi connectivity index (χ2n) is 8.74. The highest BCUT2D eigenvalue weighted by Crippen LogP contribution is 2.53. The summed E-state index contributed by atoms with van der Waals surface area (Å²) in [5, 5.41) is 0.190. The Morgan fingerprint density at radius 2 is 1.84 bits per heavy atom. The van der Waals surface area contributed by atoms with Crippen molar-refractivity contribution in [1.82, 2.24) is 0 Å². The predicted molar refractivity (Wildman–Crippen MR) is 83.9 cm³/mol. The average molecular weight is 285 g/mol. The molecule has 0 saturated heterocycles. The Morgan fingerprint density at radius 1 is 1.32 bits per heavy atom. The van der Waals surface area contributed by atoms with Gasteiger partial charge >= 0.3 is 0 Å². The van der Waals surface area contributed by atoms with Crippen molar-refractivity contribution in [2.75, 3.05) is 0 Å². The Hall–Kier alpha value is -0.153. The van der Waals surface area contributed by atoms with E-state index in [1.807, 2.05) is 0 Å². The van der Waals surface area contributed by atoms with E-state index in [1.165, 1.54) is 0 Å². The predicted octanol–water partition coefficient (Wildman–Crippen LogP) is 4.79. The van der Waals surface area contributed by atoms with Gasteiger partial charge in [-0.25, -0.2) is 0 Å². The van der Waals surface area contributed by atoms with Crippen molar-refractivity contribution in [3.63, 3.8) is 0 Å². The van der Waals surface area contributed by atoms with Crippen LogP contribution < -0.4 is 0 Å². The van der Waals surface area contributed by atoms with E-state index in [9.17, 15) is 4.79 Å². The number of hydrogen-bond acceptors (Lipinski definition) is 2. The molecule has 1 aliphatic rings. The molecular formula is C16H32O2Si. The van der Waals surface area contributed by atoms with Crippen molar-refractivity contribution in [3.8, 4) is 0 Å². The maximum atomic E-state index is 11.2. The number of rotatable bonds is 4. The zero-order valence-electron chi connectivity index (χ0n) is 14.1. The van der Waals surface area contributed by atoms with E-state index >= 15 is 0 Å². The summed E-state index contributed by atoms with van der Waals surface area (Å²) in [5.74, 6) is 0.460. The van der Waals surface area contributed by atoms with Gasteiger partial charge in [-0.05, 0) is 42.3 Å². The average Bonchev–Trinajstić information content (AvgIpc) is 2.33. The summed E-state index contributed by atoms with van der Waals surface area (Å²) >= 11 is 0. The SMILES string of the molecule is CC1CC(C)(C)CC1(CC=O)O[Si](C)(C)C(C)(C)C. The lowest BCUT2D eigenvalue weighted by molar-refractivity contribution is -0.113. The first-order valence-electron chi connectivity index (χ1n) is 7.49. The first kappa shape index (κ1) is 16.9. The molecule has 1 saturated carbocycles. The van der Waals surface area contributed by atoms with Crippen LogP contribution in [0.3, 0.4) is 0 Å². The smallest absolute Gasteiger partial charge is 0.192 e. The first-order valence-corrected chi connectivity index (χ1v) is 10.4. The van der Waals surface area contributed by atoms with Crippen LogP contribution in [-0.2, 0) is 9.22 Å². The first-order chi connectivity index (χ1) is 8.35. The molecule has 112 valence electrons. The number of hydrogen-bond donors (Lipinski definition) is 0. The third-order valence-electron chi connectivity index (χ3n) is 5.23. The molecule has 3 heteroatoms. The Balaban J connectivity index is 3.06. The standard InChI is InChI=1S/C16H32O2Si/c1-13-11-15(5,6)12-16(13,9-10-17)18-19(7,8)14(2,3)4/h10,13H,9,11-12H2,1-8H3. The highest BCUT2D eigenvalue weighted by molar-refractivity contribution is 6.74. The van der Waals surface area contributed by atoms with Crippen molar-refractivity contribution < 1.29 is 9.22 Å². The van der Waals surface area contributed by atoms with Crippen LogP contribution in [0.5, 0.6) is 0 Å². The van der Waals surface area contributed by atoms with Gasteiger partial charge < -0.3 is 9.22 Å². The van der Waals surface area contributed by atoms with Crippen molar-refractivity contribution >= 4 is 14.6 Å². The Labute approximate surface area is 120 Å². The molecule has 0 aliphatic heterocycles. The molecule has 0 heterocycles. The fourth-order valence-electron chi connectivity index (χ4n) is 3.33. The van der Waals surface area contributed by atoms with Gasteiger partial charge in [-0.2, -0.15) is 0 Å². The molecule has 19 heavy (non-hydrogen) atoms. The van der Waals surface area contributed by atoms with Crippen LogP contribution in [-0.4, -0.2) is 20.2 Å². The van der Waals surface area contributed by atoms with E-state index in [1.54, 1.807) is 0 Å². The van der Waals surface area contributed by atoms with Gasteiger partial charge in [0.15, 0.2) is 8.32 Å². The lowest BCUT2D eigenvalue weighted by Crippen LogP contribution is -2.51. The van der Waals surface area contributed by atoms with E-state index in [2.05, 4.69) is 54.6 Å². The minimum atomic E-state index is -1.84. The van der Waals surface area contributed by atoms with Crippen LogP contribution in [0, 0.1) is 11.3 Å². The quantitative estimate of drug-likeness (QED) is 0.548. The van der Waals surface area contributed by atoms with E-state index in [-0.39, 0.29) is 16.1 Å².